The van der Waals surface area contributed by atoms with Crippen LogP contribution in [0.25, 0.3) is 0 Å². The molecule has 1 N–H and O–H groups in total. The van der Waals surface area contributed by atoms with Crippen LogP contribution < -0.4 is 24.4 Å². The van der Waals surface area contributed by atoms with E-state index in [1.54, 1.807) is 48.4 Å². The first-order valence-electron chi connectivity index (χ1n) is 8.35. The van der Waals surface area contributed by atoms with Crippen LogP contribution in [-0.2, 0) is 4.79 Å². The van der Waals surface area contributed by atoms with Crippen molar-refractivity contribution in [2.24, 2.45) is 0 Å². The predicted molar refractivity (Wildman–Crippen MR) is 95.1 cm³/mol. The van der Waals surface area contributed by atoms with Gasteiger partial charge in [-0.3, -0.25) is 9.59 Å². The number of amides is 2. The molecule has 1 saturated heterocycles. The molecular formula is C19H18N2O5. The topological polar surface area (TPSA) is 77.1 Å². The predicted octanol–water partition coefficient (Wildman–Crippen LogP) is 2.80. The first-order chi connectivity index (χ1) is 12.7. The molecule has 7 heteroatoms. The normalized spacial score (nSPS) is 15.3. The maximum absolute atomic E-state index is 12.5. The zero-order valence-electron chi connectivity index (χ0n) is 14.3. The Labute approximate surface area is 150 Å². The molecule has 2 aromatic rings. The lowest BCUT2D eigenvalue weighted by molar-refractivity contribution is -0.117. The van der Waals surface area contributed by atoms with Gasteiger partial charge in [0.1, 0.15) is 5.75 Å². The van der Waals surface area contributed by atoms with Crippen molar-refractivity contribution in [2.75, 3.05) is 30.7 Å². The molecule has 0 spiro atoms. The Kier molecular flexibility index (Phi) is 4.12. The summed E-state index contributed by atoms with van der Waals surface area (Å²) in [7, 11) is 1.56. The molecule has 0 radical (unpaired) electrons. The number of nitrogens with zero attached hydrogens (tertiary/aromatic N) is 1. The molecule has 26 heavy (non-hydrogen) atoms. The number of benzene rings is 2. The number of methoxy groups -OCH3 is 1. The number of carbonyl (C=O) groups is 2. The third kappa shape index (κ3) is 2.92. The summed E-state index contributed by atoms with van der Waals surface area (Å²) in [6.07, 6.45) is 1.34. The van der Waals surface area contributed by atoms with Gasteiger partial charge in [0.2, 0.25) is 12.7 Å². The zero-order valence-corrected chi connectivity index (χ0v) is 14.3. The molecule has 2 amide bonds. The minimum absolute atomic E-state index is 0.0579. The lowest BCUT2D eigenvalue weighted by Crippen LogP contribution is -2.24. The third-order valence-electron chi connectivity index (χ3n) is 4.44. The molecule has 4 rings (SSSR count). The number of carbonyl (C=O) groups excluding carboxylic acids is 2. The van der Waals surface area contributed by atoms with Crippen molar-refractivity contribution in [1.29, 1.82) is 0 Å². The fourth-order valence-corrected chi connectivity index (χ4v) is 3.12. The van der Waals surface area contributed by atoms with Gasteiger partial charge in [0.05, 0.1) is 12.8 Å². The summed E-state index contributed by atoms with van der Waals surface area (Å²) in [5.41, 5.74) is 1.71. The number of rotatable bonds is 4. The Morgan fingerprint density at radius 3 is 2.77 bits per heavy atom. The number of anilines is 2. The van der Waals surface area contributed by atoms with Gasteiger partial charge >= 0.3 is 0 Å². The Morgan fingerprint density at radius 2 is 2.00 bits per heavy atom. The van der Waals surface area contributed by atoms with Gasteiger partial charge in [0.15, 0.2) is 11.5 Å². The van der Waals surface area contributed by atoms with Gasteiger partial charge in [0, 0.05) is 24.2 Å². The second-order valence-corrected chi connectivity index (χ2v) is 6.06. The van der Waals surface area contributed by atoms with E-state index in [2.05, 4.69) is 5.32 Å². The van der Waals surface area contributed by atoms with Crippen LogP contribution in [0.4, 0.5) is 11.4 Å². The maximum Gasteiger partial charge on any atom is 0.255 e. The molecule has 1 fully saturated rings. The number of hydrogen-bond donors (Lipinski definition) is 1. The molecule has 134 valence electrons. The molecule has 0 bridgehead atoms. The van der Waals surface area contributed by atoms with Crippen molar-refractivity contribution >= 4 is 23.2 Å². The Balaban J connectivity index is 1.58. The average molecular weight is 354 g/mol. The Morgan fingerprint density at radius 1 is 1.15 bits per heavy atom. The van der Waals surface area contributed by atoms with E-state index in [0.29, 0.717) is 47.2 Å². The quantitative estimate of drug-likeness (QED) is 0.914. The Hall–Kier alpha value is -3.22. The monoisotopic (exact) mass is 354 g/mol. The van der Waals surface area contributed by atoms with Crippen molar-refractivity contribution in [3.05, 3.63) is 42.0 Å². The van der Waals surface area contributed by atoms with Gasteiger partial charge in [0.25, 0.3) is 5.91 Å². The fourth-order valence-electron chi connectivity index (χ4n) is 3.12. The SMILES string of the molecule is COc1ccc(NC(=O)c2ccc3c(c2)OCO3)cc1N1CCCC1=O. The molecular weight excluding hydrogens is 336 g/mol. The van der Waals surface area contributed by atoms with Crippen LogP contribution in [0.5, 0.6) is 17.2 Å². The van der Waals surface area contributed by atoms with E-state index < -0.39 is 0 Å². The van der Waals surface area contributed by atoms with Crippen LogP contribution in [-0.4, -0.2) is 32.3 Å². The van der Waals surface area contributed by atoms with Crippen LogP contribution in [0.3, 0.4) is 0 Å². The van der Waals surface area contributed by atoms with Crippen LogP contribution in [0.15, 0.2) is 36.4 Å². The van der Waals surface area contributed by atoms with E-state index in [1.165, 1.54) is 0 Å². The minimum atomic E-state index is -0.271. The van der Waals surface area contributed by atoms with Crippen molar-refractivity contribution < 1.29 is 23.8 Å². The lowest BCUT2D eigenvalue weighted by Gasteiger charge is -2.20. The number of nitrogens with one attached hydrogen (secondary N) is 1. The van der Waals surface area contributed by atoms with Gasteiger partial charge in [-0.1, -0.05) is 0 Å². The largest absolute Gasteiger partial charge is 0.495 e. The summed E-state index contributed by atoms with van der Waals surface area (Å²) >= 11 is 0. The highest BCUT2D eigenvalue weighted by Gasteiger charge is 2.25. The van der Waals surface area contributed by atoms with Crippen LogP contribution in [0, 0.1) is 0 Å². The highest BCUT2D eigenvalue weighted by molar-refractivity contribution is 6.05. The summed E-state index contributed by atoms with van der Waals surface area (Å²) in [6, 6.07) is 10.3. The Bertz CT molecular complexity index is 880. The van der Waals surface area contributed by atoms with E-state index >= 15 is 0 Å². The van der Waals surface area contributed by atoms with E-state index in [1.807, 2.05) is 0 Å². The highest BCUT2D eigenvalue weighted by atomic mass is 16.7. The van der Waals surface area contributed by atoms with E-state index in [-0.39, 0.29) is 18.6 Å². The molecule has 0 atom stereocenters. The van der Waals surface area contributed by atoms with Crippen molar-refractivity contribution in [3.63, 3.8) is 0 Å². The highest BCUT2D eigenvalue weighted by Crippen LogP contribution is 2.35. The van der Waals surface area contributed by atoms with E-state index in [9.17, 15) is 9.59 Å². The second kappa shape index (κ2) is 6.59. The van der Waals surface area contributed by atoms with Gasteiger partial charge in [-0.2, -0.15) is 0 Å². The fraction of sp³-hybridized carbons (Fsp3) is 0.263. The maximum atomic E-state index is 12.5. The average Bonchev–Trinajstić information content (AvgIpc) is 3.29. The number of ether oxygens (including phenoxy) is 3. The molecule has 2 aromatic carbocycles. The molecule has 2 heterocycles. The van der Waals surface area contributed by atoms with E-state index in [0.717, 1.165) is 6.42 Å². The van der Waals surface area contributed by atoms with Gasteiger partial charge in [-0.05, 0) is 42.8 Å². The van der Waals surface area contributed by atoms with E-state index in [4.69, 9.17) is 14.2 Å². The molecule has 0 saturated carbocycles. The number of hydrogen-bond acceptors (Lipinski definition) is 5. The molecule has 7 nitrogen and oxygen atoms in total. The first kappa shape index (κ1) is 16.3. The minimum Gasteiger partial charge on any atom is -0.495 e. The second-order valence-electron chi connectivity index (χ2n) is 6.06. The van der Waals surface area contributed by atoms with Crippen LogP contribution in [0.2, 0.25) is 0 Å². The number of fused-ring (bicyclic) bond motifs is 1. The molecule has 2 aliphatic rings. The lowest BCUT2D eigenvalue weighted by atomic mass is 10.1. The van der Waals surface area contributed by atoms with Gasteiger partial charge < -0.3 is 24.4 Å². The molecule has 0 aromatic heterocycles. The molecule has 2 aliphatic heterocycles. The summed E-state index contributed by atoms with van der Waals surface area (Å²) in [5.74, 6) is 1.56. The smallest absolute Gasteiger partial charge is 0.255 e. The van der Waals surface area contributed by atoms with Gasteiger partial charge in [-0.15, -0.1) is 0 Å². The zero-order chi connectivity index (χ0) is 18.1. The summed E-state index contributed by atoms with van der Waals surface area (Å²) in [4.78, 5) is 26.3. The summed E-state index contributed by atoms with van der Waals surface area (Å²) in [5, 5.41) is 2.85. The summed E-state index contributed by atoms with van der Waals surface area (Å²) < 4.78 is 15.9. The van der Waals surface area contributed by atoms with Crippen molar-refractivity contribution in [2.45, 2.75) is 12.8 Å². The summed E-state index contributed by atoms with van der Waals surface area (Å²) in [6.45, 7) is 0.806. The van der Waals surface area contributed by atoms with Crippen LogP contribution in [0.1, 0.15) is 23.2 Å². The molecule has 0 aliphatic carbocycles. The van der Waals surface area contributed by atoms with Gasteiger partial charge in [-0.25, -0.2) is 0 Å². The van der Waals surface area contributed by atoms with Crippen molar-refractivity contribution in [3.8, 4) is 17.2 Å². The third-order valence-corrected chi connectivity index (χ3v) is 4.44. The first-order valence-corrected chi connectivity index (χ1v) is 8.35. The molecule has 0 unspecified atom stereocenters. The van der Waals surface area contributed by atoms with Crippen LogP contribution >= 0.6 is 0 Å². The van der Waals surface area contributed by atoms with Crippen molar-refractivity contribution in [1.82, 2.24) is 0 Å². The standard InChI is InChI=1S/C19H18N2O5/c1-24-15-7-5-13(10-14(15)21-8-2-3-18(21)22)20-19(23)12-4-6-16-17(9-12)26-11-25-16/h4-7,9-10H,2-3,8,11H2,1H3,(H,20,23).